The topological polar surface area (TPSA) is 105 Å². The zero-order valence-corrected chi connectivity index (χ0v) is 9.56. The zero-order valence-electron chi connectivity index (χ0n) is 9.56. The molecule has 7 nitrogen and oxygen atoms in total. The molecule has 0 spiro atoms. The summed E-state index contributed by atoms with van der Waals surface area (Å²) >= 11 is 0. The number of ether oxygens (including phenoxy) is 1. The molecule has 3 N–H and O–H groups in total. The third kappa shape index (κ3) is 4.03. The fourth-order valence-corrected chi connectivity index (χ4v) is 1.59. The second-order valence-corrected chi connectivity index (χ2v) is 3.89. The van der Waals surface area contributed by atoms with Crippen LogP contribution in [0.15, 0.2) is 0 Å². The Bertz CT molecular complexity index is 308. The number of amides is 2. The van der Waals surface area contributed by atoms with Gasteiger partial charge in [-0.2, -0.15) is 0 Å². The number of carbonyl (C=O) groups is 3. The Morgan fingerprint density at radius 3 is 2.82 bits per heavy atom. The predicted octanol–water partition coefficient (Wildman–Crippen LogP) is -1.27. The van der Waals surface area contributed by atoms with E-state index in [9.17, 15) is 14.4 Å². The molecule has 0 aromatic carbocycles. The summed E-state index contributed by atoms with van der Waals surface area (Å²) in [7, 11) is 1.36. The highest BCUT2D eigenvalue weighted by atomic mass is 16.5. The molecule has 1 fully saturated rings. The summed E-state index contributed by atoms with van der Waals surface area (Å²) in [4.78, 5) is 33.4. The highest BCUT2D eigenvalue weighted by Crippen LogP contribution is 2.10. The Hall–Kier alpha value is -1.63. The summed E-state index contributed by atoms with van der Waals surface area (Å²) in [6, 6.07) is -1.05. The number of aliphatic carboxylic acids is 1. The van der Waals surface area contributed by atoms with Crippen molar-refractivity contribution in [3.05, 3.63) is 0 Å². The third-order valence-electron chi connectivity index (χ3n) is 2.58. The summed E-state index contributed by atoms with van der Waals surface area (Å²) in [5.41, 5.74) is 0. The third-order valence-corrected chi connectivity index (χ3v) is 2.58. The summed E-state index contributed by atoms with van der Waals surface area (Å²) in [5, 5.41) is 13.8. The molecule has 0 bridgehead atoms. The van der Waals surface area contributed by atoms with Gasteiger partial charge in [-0.1, -0.05) is 0 Å². The van der Waals surface area contributed by atoms with Gasteiger partial charge in [-0.15, -0.1) is 0 Å². The van der Waals surface area contributed by atoms with Crippen molar-refractivity contribution in [2.75, 3.05) is 20.3 Å². The first-order valence-electron chi connectivity index (χ1n) is 5.33. The molecule has 7 heteroatoms. The van der Waals surface area contributed by atoms with Crippen molar-refractivity contribution in [3.63, 3.8) is 0 Å². The Kier molecular flexibility index (Phi) is 4.89. The van der Waals surface area contributed by atoms with E-state index in [4.69, 9.17) is 9.84 Å². The minimum Gasteiger partial charge on any atom is -0.480 e. The van der Waals surface area contributed by atoms with E-state index >= 15 is 0 Å². The van der Waals surface area contributed by atoms with E-state index in [0.29, 0.717) is 12.8 Å². The molecule has 1 rings (SSSR count). The second-order valence-electron chi connectivity index (χ2n) is 3.89. The van der Waals surface area contributed by atoms with Crippen molar-refractivity contribution in [1.29, 1.82) is 0 Å². The summed E-state index contributed by atoms with van der Waals surface area (Å²) in [6.07, 6.45) is 0.733. The summed E-state index contributed by atoms with van der Waals surface area (Å²) in [5.74, 6) is -1.96. The van der Waals surface area contributed by atoms with Gasteiger partial charge in [0.05, 0.1) is 12.5 Å². The second kappa shape index (κ2) is 6.19. The number of methoxy groups -OCH3 is 1. The van der Waals surface area contributed by atoms with E-state index in [1.165, 1.54) is 7.11 Å². The number of piperidine rings is 1. The standard InChI is InChI=1S/C10H16N2O5/c1-17-5-7(10(15)16)12-9(14)6-2-3-8(13)11-4-6/h6-7H,2-5H2,1H3,(H,11,13)(H,12,14)(H,15,16). The fraction of sp³-hybridized carbons (Fsp3) is 0.700. The number of hydrogen-bond donors (Lipinski definition) is 3. The van der Waals surface area contributed by atoms with Crippen LogP contribution < -0.4 is 10.6 Å². The highest BCUT2D eigenvalue weighted by molar-refractivity contribution is 5.87. The first-order chi connectivity index (χ1) is 8.04. The molecule has 2 atom stereocenters. The SMILES string of the molecule is COCC(NC(=O)C1CCC(=O)NC1)C(=O)O. The Morgan fingerprint density at radius 1 is 1.65 bits per heavy atom. The molecule has 0 aromatic rings. The van der Waals surface area contributed by atoms with Gasteiger partial charge >= 0.3 is 5.97 Å². The maximum Gasteiger partial charge on any atom is 0.328 e. The van der Waals surface area contributed by atoms with Crippen molar-refractivity contribution >= 4 is 17.8 Å². The van der Waals surface area contributed by atoms with Gasteiger partial charge in [0, 0.05) is 20.1 Å². The number of carboxylic acids is 1. The predicted molar refractivity (Wildman–Crippen MR) is 57.2 cm³/mol. The van der Waals surface area contributed by atoms with Gasteiger partial charge in [-0.25, -0.2) is 4.79 Å². The van der Waals surface area contributed by atoms with Gasteiger partial charge in [-0.05, 0) is 6.42 Å². The lowest BCUT2D eigenvalue weighted by Crippen LogP contribution is -2.49. The number of carbonyl (C=O) groups excluding carboxylic acids is 2. The Labute approximate surface area is 98.5 Å². The molecular weight excluding hydrogens is 228 g/mol. The molecular formula is C10H16N2O5. The van der Waals surface area contributed by atoms with E-state index in [1.54, 1.807) is 0 Å². The van der Waals surface area contributed by atoms with Crippen molar-refractivity contribution in [3.8, 4) is 0 Å². The van der Waals surface area contributed by atoms with Gasteiger partial charge in [-0.3, -0.25) is 9.59 Å². The monoisotopic (exact) mass is 244 g/mol. The van der Waals surface area contributed by atoms with Crippen LogP contribution in [0.25, 0.3) is 0 Å². The molecule has 0 saturated carbocycles. The molecule has 17 heavy (non-hydrogen) atoms. The van der Waals surface area contributed by atoms with Crippen LogP contribution in [-0.4, -0.2) is 49.2 Å². The fourth-order valence-electron chi connectivity index (χ4n) is 1.59. The van der Waals surface area contributed by atoms with E-state index in [1.807, 2.05) is 0 Å². The lowest BCUT2D eigenvalue weighted by atomic mass is 9.98. The van der Waals surface area contributed by atoms with Gasteiger partial charge in [0.25, 0.3) is 0 Å². The van der Waals surface area contributed by atoms with Crippen LogP contribution in [0, 0.1) is 5.92 Å². The summed E-state index contributed by atoms with van der Waals surface area (Å²) in [6.45, 7) is 0.171. The lowest BCUT2D eigenvalue weighted by Gasteiger charge is -2.23. The molecule has 0 aliphatic carbocycles. The van der Waals surface area contributed by atoms with Gasteiger partial charge in [0.2, 0.25) is 11.8 Å². The molecule has 1 saturated heterocycles. The molecule has 0 radical (unpaired) electrons. The number of nitrogens with one attached hydrogen (secondary N) is 2. The zero-order chi connectivity index (χ0) is 12.8. The van der Waals surface area contributed by atoms with E-state index < -0.39 is 12.0 Å². The molecule has 2 unspecified atom stereocenters. The smallest absolute Gasteiger partial charge is 0.328 e. The number of carboxylic acid groups (broad SMARTS) is 1. The van der Waals surface area contributed by atoms with Crippen LogP contribution in [0.5, 0.6) is 0 Å². The van der Waals surface area contributed by atoms with E-state index in [0.717, 1.165) is 0 Å². The normalized spacial score (nSPS) is 21.5. The van der Waals surface area contributed by atoms with Crippen molar-refractivity contribution in [1.82, 2.24) is 10.6 Å². The van der Waals surface area contributed by atoms with Crippen LogP contribution in [0.2, 0.25) is 0 Å². The van der Waals surface area contributed by atoms with E-state index in [-0.39, 0.29) is 30.9 Å². The van der Waals surface area contributed by atoms with Crippen LogP contribution >= 0.6 is 0 Å². The molecule has 2 amide bonds. The Morgan fingerprint density at radius 2 is 2.35 bits per heavy atom. The van der Waals surface area contributed by atoms with Crippen LogP contribution in [-0.2, 0) is 19.1 Å². The average Bonchev–Trinajstić information content (AvgIpc) is 2.29. The first-order valence-corrected chi connectivity index (χ1v) is 5.33. The molecule has 1 heterocycles. The maximum absolute atomic E-state index is 11.7. The Balaban J connectivity index is 2.46. The number of hydrogen-bond acceptors (Lipinski definition) is 4. The van der Waals surface area contributed by atoms with Gasteiger partial charge < -0.3 is 20.5 Å². The minimum absolute atomic E-state index is 0.0827. The van der Waals surface area contributed by atoms with Crippen molar-refractivity contribution in [2.24, 2.45) is 5.92 Å². The van der Waals surface area contributed by atoms with Crippen molar-refractivity contribution < 1.29 is 24.2 Å². The molecule has 0 aromatic heterocycles. The molecule has 1 aliphatic rings. The molecule has 96 valence electrons. The van der Waals surface area contributed by atoms with E-state index in [2.05, 4.69) is 10.6 Å². The highest BCUT2D eigenvalue weighted by Gasteiger charge is 2.28. The average molecular weight is 244 g/mol. The molecule has 1 aliphatic heterocycles. The van der Waals surface area contributed by atoms with Gasteiger partial charge in [0.15, 0.2) is 6.04 Å². The van der Waals surface area contributed by atoms with Crippen LogP contribution in [0.4, 0.5) is 0 Å². The van der Waals surface area contributed by atoms with Gasteiger partial charge in [0.1, 0.15) is 0 Å². The number of rotatable bonds is 5. The summed E-state index contributed by atoms with van der Waals surface area (Å²) < 4.78 is 4.71. The van der Waals surface area contributed by atoms with Crippen LogP contribution in [0.3, 0.4) is 0 Å². The maximum atomic E-state index is 11.7. The lowest BCUT2D eigenvalue weighted by molar-refractivity contribution is -0.144. The first kappa shape index (κ1) is 13.4. The quantitative estimate of drug-likeness (QED) is 0.559. The minimum atomic E-state index is -1.14. The van der Waals surface area contributed by atoms with Crippen LogP contribution in [0.1, 0.15) is 12.8 Å². The van der Waals surface area contributed by atoms with Crippen molar-refractivity contribution in [2.45, 2.75) is 18.9 Å². The largest absolute Gasteiger partial charge is 0.480 e.